The van der Waals surface area contributed by atoms with Gasteiger partial charge in [0.2, 0.25) is 5.78 Å². The molecule has 3 heteroatoms. The van der Waals surface area contributed by atoms with E-state index in [1.807, 2.05) is 35.9 Å². The van der Waals surface area contributed by atoms with Gasteiger partial charge in [-0.2, -0.15) is 5.10 Å². The number of nitrogens with zero attached hydrogens (tertiary/aromatic N) is 2. The number of carbonyl (C=O) groups excluding carboxylic acids is 1. The summed E-state index contributed by atoms with van der Waals surface area (Å²) in [7, 11) is 0. The Morgan fingerprint density at radius 3 is 2.67 bits per heavy atom. The van der Waals surface area contributed by atoms with Crippen molar-refractivity contribution in [2.24, 2.45) is 0 Å². The fourth-order valence-electron chi connectivity index (χ4n) is 2.98. The molecule has 1 heterocycles. The lowest BCUT2D eigenvalue weighted by Gasteiger charge is -2.27. The van der Waals surface area contributed by atoms with Crippen LogP contribution in [0.1, 0.15) is 66.3 Å². The number of aromatic nitrogens is 2. The summed E-state index contributed by atoms with van der Waals surface area (Å²) in [5.74, 6) is 0.681. The minimum absolute atomic E-state index is 0.117. The van der Waals surface area contributed by atoms with E-state index in [-0.39, 0.29) is 5.78 Å². The van der Waals surface area contributed by atoms with Crippen molar-refractivity contribution in [2.75, 3.05) is 0 Å². The van der Waals surface area contributed by atoms with Crippen LogP contribution in [-0.4, -0.2) is 15.6 Å². The lowest BCUT2D eigenvalue weighted by molar-refractivity contribution is 0.102. The van der Waals surface area contributed by atoms with Gasteiger partial charge in [-0.3, -0.25) is 9.48 Å². The third kappa shape index (κ3) is 2.53. The molecule has 1 aromatic carbocycles. The Balaban J connectivity index is 2.00. The molecule has 1 aliphatic carbocycles. The molecule has 0 N–H and O–H groups in total. The average molecular weight is 282 g/mol. The smallest absolute Gasteiger partial charge is 0.211 e. The Labute approximate surface area is 126 Å². The van der Waals surface area contributed by atoms with Crippen LogP contribution in [-0.2, 0) is 13.0 Å². The molecule has 0 aliphatic heterocycles. The maximum atomic E-state index is 13.0. The van der Waals surface area contributed by atoms with Crippen molar-refractivity contribution in [3.05, 3.63) is 52.8 Å². The second kappa shape index (κ2) is 5.84. The summed E-state index contributed by atoms with van der Waals surface area (Å²) in [6, 6.07) is 10.0. The van der Waals surface area contributed by atoms with Crippen LogP contribution in [0.15, 0.2) is 30.3 Å². The Hall–Kier alpha value is -1.90. The second-order valence-electron chi connectivity index (χ2n) is 5.73. The van der Waals surface area contributed by atoms with Gasteiger partial charge >= 0.3 is 0 Å². The van der Waals surface area contributed by atoms with Gasteiger partial charge in [0.1, 0.15) is 5.69 Å². The monoisotopic (exact) mass is 282 g/mol. The van der Waals surface area contributed by atoms with Gasteiger partial charge in [-0.15, -0.1) is 0 Å². The summed E-state index contributed by atoms with van der Waals surface area (Å²) in [5, 5.41) is 4.50. The predicted octanol–water partition coefficient (Wildman–Crippen LogP) is 3.96. The van der Waals surface area contributed by atoms with Gasteiger partial charge in [0, 0.05) is 12.1 Å². The summed E-state index contributed by atoms with van der Waals surface area (Å²) in [6.45, 7) is 4.83. The third-order valence-electron chi connectivity index (χ3n) is 4.48. The third-order valence-corrected chi connectivity index (χ3v) is 4.48. The molecule has 1 aromatic heterocycles. The number of ketones is 1. The minimum Gasteiger partial charge on any atom is -0.287 e. The van der Waals surface area contributed by atoms with Gasteiger partial charge in [-0.25, -0.2) is 0 Å². The first-order chi connectivity index (χ1) is 10.2. The van der Waals surface area contributed by atoms with Crippen molar-refractivity contribution >= 4 is 5.78 Å². The molecule has 110 valence electrons. The molecule has 21 heavy (non-hydrogen) atoms. The molecular formula is C18H22N2O. The molecule has 3 rings (SSSR count). The lowest BCUT2D eigenvalue weighted by atomic mass is 9.77. The van der Waals surface area contributed by atoms with E-state index >= 15 is 0 Å². The first-order valence-corrected chi connectivity index (χ1v) is 7.95. The Morgan fingerprint density at radius 2 is 2.05 bits per heavy atom. The zero-order chi connectivity index (χ0) is 14.8. The van der Waals surface area contributed by atoms with E-state index in [1.54, 1.807) is 0 Å². The van der Waals surface area contributed by atoms with Gasteiger partial charge < -0.3 is 0 Å². The zero-order valence-electron chi connectivity index (χ0n) is 12.8. The highest BCUT2D eigenvalue weighted by Crippen LogP contribution is 2.38. The largest absolute Gasteiger partial charge is 0.287 e. The SMILES string of the molecule is CCc1cc(C(=O)c2ccccc2C2CCC2)n(CC)n1. The van der Waals surface area contributed by atoms with E-state index in [4.69, 9.17) is 0 Å². The molecule has 0 atom stereocenters. The second-order valence-corrected chi connectivity index (χ2v) is 5.73. The molecule has 0 spiro atoms. The fourth-order valence-corrected chi connectivity index (χ4v) is 2.98. The molecule has 0 amide bonds. The maximum absolute atomic E-state index is 13.0. The highest BCUT2D eigenvalue weighted by molar-refractivity contribution is 6.09. The van der Waals surface area contributed by atoms with Crippen molar-refractivity contribution in [3.63, 3.8) is 0 Å². The predicted molar refractivity (Wildman–Crippen MR) is 83.7 cm³/mol. The summed E-state index contributed by atoms with van der Waals surface area (Å²) in [5.41, 5.74) is 3.79. The van der Waals surface area contributed by atoms with E-state index in [1.165, 1.54) is 24.8 Å². The molecule has 3 nitrogen and oxygen atoms in total. The van der Waals surface area contributed by atoms with Gasteiger partial charge in [-0.05, 0) is 43.7 Å². The van der Waals surface area contributed by atoms with Crippen LogP contribution in [0.4, 0.5) is 0 Å². The van der Waals surface area contributed by atoms with Crippen molar-refractivity contribution in [1.82, 2.24) is 9.78 Å². The van der Waals surface area contributed by atoms with Crippen molar-refractivity contribution in [3.8, 4) is 0 Å². The van der Waals surface area contributed by atoms with Crippen LogP contribution in [0.3, 0.4) is 0 Å². The molecule has 0 bridgehead atoms. The van der Waals surface area contributed by atoms with Gasteiger partial charge in [0.25, 0.3) is 0 Å². The fraction of sp³-hybridized carbons (Fsp3) is 0.444. The van der Waals surface area contributed by atoms with Gasteiger partial charge in [-0.1, -0.05) is 37.6 Å². The van der Waals surface area contributed by atoms with Crippen molar-refractivity contribution in [1.29, 1.82) is 0 Å². The van der Waals surface area contributed by atoms with E-state index in [9.17, 15) is 4.79 Å². The molecule has 1 aliphatic rings. The standard InChI is InChI=1S/C18H22N2O/c1-3-14-12-17(20(4-2)19-14)18(21)16-11-6-5-10-15(16)13-8-7-9-13/h5-6,10-13H,3-4,7-9H2,1-2H3. The molecule has 0 radical (unpaired) electrons. The molecule has 1 saturated carbocycles. The summed E-state index contributed by atoms with van der Waals surface area (Å²) < 4.78 is 1.83. The van der Waals surface area contributed by atoms with Crippen LogP contribution in [0.2, 0.25) is 0 Å². The first kappa shape index (κ1) is 14.1. The molecule has 1 fully saturated rings. The maximum Gasteiger partial charge on any atom is 0.211 e. The van der Waals surface area contributed by atoms with Crippen molar-refractivity contribution in [2.45, 2.75) is 52.0 Å². The summed E-state index contributed by atoms with van der Waals surface area (Å²) in [4.78, 5) is 13.0. The quantitative estimate of drug-likeness (QED) is 0.778. The van der Waals surface area contributed by atoms with Gasteiger partial charge in [0.05, 0.1) is 5.69 Å². The number of benzene rings is 1. The van der Waals surface area contributed by atoms with Crippen LogP contribution in [0.5, 0.6) is 0 Å². The van der Waals surface area contributed by atoms with Gasteiger partial charge in [0.15, 0.2) is 0 Å². The highest BCUT2D eigenvalue weighted by atomic mass is 16.1. The van der Waals surface area contributed by atoms with E-state index in [0.717, 1.165) is 29.9 Å². The number of carbonyl (C=O) groups is 1. The van der Waals surface area contributed by atoms with Crippen LogP contribution in [0, 0.1) is 0 Å². The Bertz CT molecular complexity index is 653. The van der Waals surface area contributed by atoms with Crippen LogP contribution >= 0.6 is 0 Å². The Morgan fingerprint density at radius 1 is 1.29 bits per heavy atom. The number of hydrogen-bond donors (Lipinski definition) is 0. The molecule has 0 saturated heterocycles. The van der Waals surface area contributed by atoms with E-state index < -0.39 is 0 Å². The normalized spacial score (nSPS) is 15.0. The summed E-state index contributed by atoms with van der Waals surface area (Å²) in [6.07, 6.45) is 4.55. The Kier molecular flexibility index (Phi) is 3.91. The molecule has 0 unspecified atom stereocenters. The van der Waals surface area contributed by atoms with Crippen LogP contribution in [0.25, 0.3) is 0 Å². The zero-order valence-corrected chi connectivity index (χ0v) is 12.8. The topological polar surface area (TPSA) is 34.9 Å². The van der Waals surface area contributed by atoms with Crippen molar-refractivity contribution < 1.29 is 4.79 Å². The minimum atomic E-state index is 0.117. The number of hydrogen-bond acceptors (Lipinski definition) is 2. The summed E-state index contributed by atoms with van der Waals surface area (Å²) >= 11 is 0. The van der Waals surface area contributed by atoms with E-state index in [0.29, 0.717) is 5.92 Å². The lowest BCUT2D eigenvalue weighted by Crippen LogP contribution is -2.16. The molecule has 2 aromatic rings. The highest BCUT2D eigenvalue weighted by Gasteiger charge is 2.26. The number of rotatable bonds is 5. The van der Waals surface area contributed by atoms with E-state index in [2.05, 4.69) is 18.1 Å². The van der Waals surface area contributed by atoms with Crippen LogP contribution < -0.4 is 0 Å². The average Bonchev–Trinajstić information content (AvgIpc) is 2.89. The first-order valence-electron chi connectivity index (χ1n) is 7.95. The molecular weight excluding hydrogens is 260 g/mol. The number of aryl methyl sites for hydroxylation is 2.